The number of nitrogens with one attached hydrogen (secondary N) is 1. The molecule has 4 rings (SSSR count). The number of rotatable bonds is 6. The van der Waals surface area contributed by atoms with Gasteiger partial charge in [0.25, 0.3) is 5.91 Å². The molecule has 3 aromatic rings. The Labute approximate surface area is 194 Å². The van der Waals surface area contributed by atoms with Gasteiger partial charge in [0.1, 0.15) is 10.7 Å². The lowest BCUT2D eigenvalue weighted by Gasteiger charge is -2.48. The second-order valence-electron chi connectivity index (χ2n) is 7.38. The predicted molar refractivity (Wildman–Crippen MR) is 118 cm³/mol. The molecule has 11 heteroatoms. The number of pyridine rings is 2. The molecule has 0 saturated carbocycles. The zero-order chi connectivity index (χ0) is 22.9. The fourth-order valence-electron chi connectivity index (χ4n) is 3.59. The molecule has 0 aliphatic carbocycles. The van der Waals surface area contributed by atoms with E-state index in [2.05, 4.69) is 15.3 Å². The summed E-state index contributed by atoms with van der Waals surface area (Å²) < 4.78 is 41.6. The van der Waals surface area contributed by atoms with Crippen molar-refractivity contribution in [3.8, 4) is 0 Å². The molecule has 0 atom stereocenters. The molecule has 1 fully saturated rings. The number of carbonyl (C=O) groups excluding carboxylic acids is 1. The number of carbonyl (C=O) groups is 1. The number of sulfonamides is 1. The third kappa shape index (κ3) is 4.21. The van der Waals surface area contributed by atoms with E-state index in [1.54, 1.807) is 0 Å². The summed E-state index contributed by atoms with van der Waals surface area (Å²) in [6.07, 6.45) is 4.15. The molecule has 166 valence electrons. The van der Waals surface area contributed by atoms with E-state index < -0.39 is 27.2 Å². The van der Waals surface area contributed by atoms with Crippen molar-refractivity contribution in [3.05, 3.63) is 88.2 Å². The first-order valence-electron chi connectivity index (χ1n) is 9.47. The van der Waals surface area contributed by atoms with Crippen LogP contribution in [-0.2, 0) is 15.4 Å². The lowest BCUT2D eigenvalue weighted by Crippen LogP contribution is -2.65. The van der Waals surface area contributed by atoms with Gasteiger partial charge in [0.15, 0.2) is 0 Å². The highest BCUT2D eigenvalue weighted by atomic mass is 35.5. The Bertz CT molecular complexity index is 1270. The first-order valence-corrected chi connectivity index (χ1v) is 11.7. The van der Waals surface area contributed by atoms with E-state index >= 15 is 0 Å². The lowest BCUT2D eigenvalue weighted by atomic mass is 9.77. The van der Waals surface area contributed by atoms with E-state index in [4.69, 9.17) is 23.2 Å². The van der Waals surface area contributed by atoms with Crippen molar-refractivity contribution >= 4 is 39.1 Å². The van der Waals surface area contributed by atoms with Crippen molar-refractivity contribution < 1.29 is 17.6 Å². The molecule has 0 spiro atoms. The van der Waals surface area contributed by atoms with Gasteiger partial charge in [0.05, 0.1) is 21.7 Å². The van der Waals surface area contributed by atoms with Crippen LogP contribution in [0.4, 0.5) is 4.39 Å². The van der Waals surface area contributed by atoms with Gasteiger partial charge in [-0.15, -0.1) is 0 Å². The minimum absolute atomic E-state index is 0.0343. The third-order valence-corrected chi connectivity index (χ3v) is 7.58. The van der Waals surface area contributed by atoms with E-state index in [1.807, 2.05) is 0 Å². The second kappa shape index (κ2) is 8.74. The average molecular weight is 495 g/mol. The molecular formula is C21H17Cl2FN4O3S. The highest BCUT2D eigenvalue weighted by molar-refractivity contribution is 7.89. The fourth-order valence-corrected chi connectivity index (χ4v) is 5.66. The van der Waals surface area contributed by atoms with Crippen LogP contribution in [0.1, 0.15) is 16.1 Å². The highest BCUT2D eigenvalue weighted by Crippen LogP contribution is 2.38. The molecule has 0 radical (unpaired) electrons. The van der Waals surface area contributed by atoms with E-state index in [9.17, 15) is 17.6 Å². The van der Waals surface area contributed by atoms with Gasteiger partial charge >= 0.3 is 0 Å². The summed E-state index contributed by atoms with van der Waals surface area (Å²) in [4.78, 5) is 20.7. The van der Waals surface area contributed by atoms with Crippen LogP contribution < -0.4 is 5.32 Å². The lowest BCUT2D eigenvalue weighted by molar-refractivity contribution is 0.0895. The largest absolute Gasteiger partial charge is 0.351 e. The van der Waals surface area contributed by atoms with Crippen LogP contribution in [-0.4, -0.2) is 48.2 Å². The standard InChI is InChI=1S/C21H17Cl2FN4O3S/c22-14-5-6-16(17(23)9-14)20(29)27-11-21(19-18(24)4-2-8-26-19)12-28(13-21)32(30,31)15-3-1-7-25-10-15/h1-10H,11-13H2,(H,27,29). The highest BCUT2D eigenvalue weighted by Gasteiger charge is 2.52. The van der Waals surface area contributed by atoms with Crippen LogP contribution in [0, 0.1) is 5.82 Å². The van der Waals surface area contributed by atoms with Gasteiger partial charge in [-0.05, 0) is 42.5 Å². The van der Waals surface area contributed by atoms with Crippen LogP contribution in [0.2, 0.25) is 10.0 Å². The molecule has 1 saturated heterocycles. The monoisotopic (exact) mass is 494 g/mol. The molecule has 1 amide bonds. The molecule has 1 aliphatic heterocycles. The maximum Gasteiger partial charge on any atom is 0.252 e. The second-order valence-corrected chi connectivity index (χ2v) is 10.2. The van der Waals surface area contributed by atoms with Crippen molar-refractivity contribution in [1.82, 2.24) is 19.6 Å². The van der Waals surface area contributed by atoms with E-state index in [1.165, 1.54) is 65.4 Å². The van der Waals surface area contributed by atoms with Crippen LogP contribution in [0.15, 0.2) is 66.0 Å². The Hall–Kier alpha value is -2.59. The number of hydrogen-bond acceptors (Lipinski definition) is 5. The Morgan fingerprint density at radius 1 is 1.16 bits per heavy atom. The number of nitrogens with zero attached hydrogens (tertiary/aromatic N) is 3. The number of benzene rings is 1. The fraction of sp³-hybridized carbons (Fsp3) is 0.190. The molecule has 2 aromatic heterocycles. The maximum atomic E-state index is 14.6. The summed E-state index contributed by atoms with van der Waals surface area (Å²) in [6.45, 7) is -0.169. The summed E-state index contributed by atoms with van der Waals surface area (Å²) in [5.74, 6) is -1.07. The van der Waals surface area contributed by atoms with Gasteiger partial charge in [0.2, 0.25) is 10.0 Å². The van der Waals surface area contributed by atoms with Crippen LogP contribution in [0.3, 0.4) is 0 Å². The smallest absolute Gasteiger partial charge is 0.252 e. The third-order valence-electron chi connectivity index (χ3n) is 5.25. The maximum absolute atomic E-state index is 14.6. The van der Waals surface area contributed by atoms with Crippen LogP contribution in [0.25, 0.3) is 0 Å². The van der Waals surface area contributed by atoms with Crippen molar-refractivity contribution in [2.24, 2.45) is 0 Å². The molecule has 7 nitrogen and oxygen atoms in total. The summed E-state index contributed by atoms with van der Waals surface area (Å²) in [7, 11) is -3.82. The molecule has 1 N–H and O–H groups in total. The molecule has 0 unspecified atom stereocenters. The molecule has 1 aliphatic rings. The van der Waals surface area contributed by atoms with Crippen LogP contribution >= 0.6 is 23.2 Å². The predicted octanol–water partition coefficient (Wildman–Crippen LogP) is 3.29. The zero-order valence-electron chi connectivity index (χ0n) is 16.5. The SMILES string of the molecule is O=C(NCC1(c2ncccc2F)CN(S(=O)(=O)c2cccnc2)C1)c1ccc(Cl)cc1Cl. The average Bonchev–Trinajstić information content (AvgIpc) is 2.74. The summed E-state index contributed by atoms with van der Waals surface area (Å²) >= 11 is 12.0. The molecule has 32 heavy (non-hydrogen) atoms. The van der Waals surface area contributed by atoms with Crippen molar-refractivity contribution in [3.63, 3.8) is 0 Å². The van der Waals surface area contributed by atoms with Crippen molar-refractivity contribution in [1.29, 1.82) is 0 Å². The quantitative estimate of drug-likeness (QED) is 0.567. The Kier molecular flexibility index (Phi) is 6.17. The first kappa shape index (κ1) is 22.6. The van der Waals surface area contributed by atoms with Crippen molar-refractivity contribution in [2.45, 2.75) is 10.3 Å². The van der Waals surface area contributed by atoms with Gasteiger partial charge in [-0.1, -0.05) is 23.2 Å². The van der Waals surface area contributed by atoms with Gasteiger partial charge < -0.3 is 5.32 Å². The Balaban J connectivity index is 1.59. The summed E-state index contributed by atoms with van der Waals surface area (Å²) in [6, 6.07) is 10.1. The number of hydrogen-bond donors (Lipinski definition) is 1. The molecular weight excluding hydrogens is 478 g/mol. The van der Waals surface area contributed by atoms with E-state index in [0.717, 1.165) is 0 Å². The molecule has 3 heterocycles. The number of amides is 1. The van der Waals surface area contributed by atoms with Crippen molar-refractivity contribution in [2.75, 3.05) is 19.6 Å². The molecule has 0 bridgehead atoms. The summed E-state index contributed by atoms with van der Waals surface area (Å²) in [5, 5.41) is 3.28. The van der Waals surface area contributed by atoms with Gasteiger partial charge in [0, 0.05) is 43.2 Å². The van der Waals surface area contributed by atoms with E-state index in [-0.39, 0.29) is 40.8 Å². The summed E-state index contributed by atoms with van der Waals surface area (Å²) in [5.41, 5.74) is -0.762. The molecule has 1 aromatic carbocycles. The zero-order valence-corrected chi connectivity index (χ0v) is 18.8. The van der Waals surface area contributed by atoms with Crippen LogP contribution in [0.5, 0.6) is 0 Å². The first-order chi connectivity index (χ1) is 15.2. The Morgan fingerprint density at radius 2 is 1.91 bits per heavy atom. The normalized spacial score (nSPS) is 15.7. The number of halogens is 3. The topological polar surface area (TPSA) is 92.3 Å². The number of aromatic nitrogens is 2. The van der Waals surface area contributed by atoms with Gasteiger partial charge in [-0.2, -0.15) is 4.31 Å². The Morgan fingerprint density at radius 3 is 2.56 bits per heavy atom. The van der Waals surface area contributed by atoms with E-state index in [0.29, 0.717) is 5.02 Å². The van der Waals surface area contributed by atoms with Gasteiger partial charge in [-0.3, -0.25) is 14.8 Å². The van der Waals surface area contributed by atoms with Gasteiger partial charge in [-0.25, -0.2) is 12.8 Å². The minimum atomic E-state index is -3.82. The minimum Gasteiger partial charge on any atom is -0.351 e.